The van der Waals surface area contributed by atoms with E-state index >= 15 is 0 Å². The Balaban J connectivity index is 1.47. The summed E-state index contributed by atoms with van der Waals surface area (Å²) in [5.41, 5.74) is 1.79. The lowest BCUT2D eigenvalue weighted by Gasteiger charge is -2.33. The van der Waals surface area contributed by atoms with Crippen LogP contribution in [-0.2, 0) is 0 Å². The molecule has 3 nitrogen and oxygen atoms in total. The lowest BCUT2D eigenvalue weighted by Crippen LogP contribution is -2.36. The molecule has 2 heterocycles. The number of nitrogens with one attached hydrogen (secondary N) is 1. The summed E-state index contributed by atoms with van der Waals surface area (Å²) in [6.45, 7) is 1.81. The van der Waals surface area contributed by atoms with Gasteiger partial charge in [-0.05, 0) is 24.3 Å². The fraction of sp³-hybridized carbons (Fsp3) is 0.588. The van der Waals surface area contributed by atoms with Gasteiger partial charge < -0.3 is 10.1 Å². The van der Waals surface area contributed by atoms with Gasteiger partial charge in [-0.2, -0.15) is 0 Å². The zero-order valence-corrected chi connectivity index (χ0v) is 13.1. The molecule has 0 radical (unpaired) electrons. The molecule has 0 aromatic heterocycles. The second-order valence-electron chi connectivity index (χ2n) is 6.49. The molecule has 0 saturated heterocycles. The molecule has 1 fully saturated rings. The number of para-hydroxylation sites is 1. The molecule has 1 aromatic rings. The molecule has 1 unspecified atom stereocenters. The van der Waals surface area contributed by atoms with Gasteiger partial charge in [-0.15, -0.1) is 0 Å². The van der Waals surface area contributed by atoms with Gasteiger partial charge in [-0.3, -0.25) is 4.99 Å². The Bertz CT molecular complexity index is 551. The van der Waals surface area contributed by atoms with Crippen LogP contribution in [0.5, 0.6) is 5.75 Å². The van der Waals surface area contributed by atoms with Crippen LogP contribution >= 0.6 is 11.8 Å². The lowest BCUT2D eigenvalue weighted by atomic mass is 9.89. The number of hydrogen-bond acceptors (Lipinski definition) is 4. The Morgan fingerprint density at radius 1 is 1.24 bits per heavy atom. The van der Waals surface area contributed by atoms with Crippen LogP contribution in [0.15, 0.2) is 29.3 Å². The summed E-state index contributed by atoms with van der Waals surface area (Å²) in [4.78, 5) is 4.86. The molecule has 21 heavy (non-hydrogen) atoms. The van der Waals surface area contributed by atoms with Crippen molar-refractivity contribution < 1.29 is 4.74 Å². The topological polar surface area (TPSA) is 33.6 Å². The van der Waals surface area contributed by atoms with Gasteiger partial charge in [0.2, 0.25) is 0 Å². The molecule has 0 amide bonds. The fourth-order valence-electron chi connectivity index (χ4n) is 3.71. The van der Waals surface area contributed by atoms with E-state index in [1.165, 1.54) is 37.0 Å². The molecule has 1 atom stereocenters. The van der Waals surface area contributed by atoms with E-state index in [1.54, 1.807) is 0 Å². The van der Waals surface area contributed by atoms with Crippen LogP contribution in [0.2, 0.25) is 0 Å². The van der Waals surface area contributed by atoms with Gasteiger partial charge in [-0.1, -0.05) is 42.8 Å². The van der Waals surface area contributed by atoms with Crippen molar-refractivity contribution in [3.8, 4) is 5.75 Å². The van der Waals surface area contributed by atoms with Crippen molar-refractivity contribution >= 4 is 16.9 Å². The third kappa shape index (κ3) is 2.66. The maximum absolute atomic E-state index is 5.73. The molecule has 1 saturated carbocycles. The monoisotopic (exact) mass is 302 g/mol. The molecule has 1 aliphatic carbocycles. The van der Waals surface area contributed by atoms with E-state index in [0.29, 0.717) is 11.5 Å². The average molecular weight is 302 g/mol. The van der Waals surface area contributed by atoms with E-state index in [4.69, 9.17) is 9.73 Å². The second kappa shape index (κ2) is 5.56. The fourth-order valence-corrected chi connectivity index (χ4v) is 4.91. The molecule has 3 aliphatic rings. The average Bonchev–Trinajstić information content (AvgIpc) is 2.99. The van der Waals surface area contributed by atoms with Gasteiger partial charge >= 0.3 is 0 Å². The predicted octanol–water partition coefficient (Wildman–Crippen LogP) is 3.76. The quantitative estimate of drug-likeness (QED) is 0.857. The van der Waals surface area contributed by atoms with Crippen molar-refractivity contribution in [2.24, 2.45) is 10.4 Å². The Morgan fingerprint density at radius 2 is 2.10 bits per heavy atom. The molecule has 2 aliphatic heterocycles. The number of thioether (sulfide) groups is 1. The molecule has 1 spiro atoms. The van der Waals surface area contributed by atoms with Crippen LogP contribution < -0.4 is 10.1 Å². The summed E-state index contributed by atoms with van der Waals surface area (Å²) in [7, 11) is 0. The second-order valence-corrected chi connectivity index (χ2v) is 7.45. The predicted molar refractivity (Wildman–Crippen MR) is 88.1 cm³/mol. The van der Waals surface area contributed by atoms with E-state index in [9.17, 15) is 0 Å². The van der Waals surface area contributed by atoms with Gasteiger partial charge in [0.15, 0.2) is 5.17 Å². The minimum Gasteiger partial charge on any atom is -0.493 e. The van der Waals surface area contributed by atoms with E-state index in [-0.39, 0.29) is 0 Å². The van der Waals surface area contributed by atoms with Crippen LogP contribution in [0.3, 0.4) is 0 Å². The third-order valence-corrected chi connectivity index (χ3v) is 6.27. The number of aliphatic imine (C=N–C) groups is 1. The Kier molecular flexibility index (Phi) is 3.57. The number of benzene rings is 1. The molecule has 0 bridgehead atoms. The zero-order chi connectivity index (χ0) is 14.1. The maximum atomic E-state index is 5.73. The first-order valence-corrected chi connectivity index (χ1v) is 8.99. The molecule has 4 rings (SSSR count). The lowest BCUT2D eigenvalue weighted by molar-refractivity contribution is 0.262. The van der Waals surface area contributed by atoms with Gasteiger partial charge in [-0.25, -0.2) is 0 Å². The summed E-state index contributed by atoms with van der Waals surface area (Å²) in [6, 6.07) is 8.70. The molecule has 4 heteroatoms. The van der Waals surface area contributed by atoms with Crippen LogP contribution in [0.1, 0.15) is 43.7 Å². The van der Waals surface area contributed by atoms with Gasteiger partial charge in [0, 0.05) is 24.3 Å². The van der Waals surface area contributed by atoms with Crippen molar-refractivity contribution in [1.82, 2.24) is 5.32 Å². The number of nitrogens with zero attached hydrogens (tertiary/aromatic N) is 1. The highest BCUT2D eigenvalue weighted by atomic mass is 32.2. The van der Waals surface area contributed by atoms with Crippen molar-refractivity contribution in [2.75, 3.05) is 18.9 Å². The minimum atomic E-state index is 0.346. The molecule has 112 valence electrons. The summed E-state index contributed by atoms with van der Waals surface area (Å²) in [5, 5.41) is 4.79. The largest absolute Gasteiger partial charge is 0.493 e. The highest BCUT2D eigenvalue weighted by molar-refractivity contribution is 8.13. The molecule has 1 N–H and O–H groups in total. The van der Waals surface area contributed by atoms with Gasteiger partial charge in [0.05, 0.1) is 12.6 Å². The number of hydrogen-bond donors (Lipinski definition) is 1. The Morgan fingerprint density at radius 3 is 2.90 bits per heavy atom. The first kappa shape index (κ1) is 13.5. The van der Waals surface area contributed by atoms with Crippen molar-refractivity contribution in [3.05, 3.63) is 29.8 Å². The maximum Gasteiger partial charge on any atom is 0.157 e. The van der Waals surface area contributed by atoms with Crippen molar-refractivity contribution in [2.45, 2.75) is 38.1 Å². The van der Waals surface area contributed by atoms with Crippen molar-refractivity contribution in [1.29, 1.82) is 0 Å². The van der Waals surface area contributed by atoms with Crippen LogP contribution in [-0.4, -0.2) is 24.1 Å². The normalized spacial score (nSPS) is 26.9. The van der Waals surface area contributed by atoms with Gasteiger partial charge in [0.25, 0.3) is 0 Å². The molecular weight excluding hydrogens is 280 g/mol. The van der Waals surface area contributed by atoms with E-state index in [1.807, 2.05) is 17.8 Å². The Hall–Kier alpha value is -1.16. The number of rotatable bonds is 1. The van der Waals surface area contributed by atoms with E-state index < -0.39 is 0 Å². The van der Waals surface area contributed by atoms with Crippen LogP contribution in [0.25, 0.3) is 0 Å². The summed E-state index contributed by atoms with van der Waals surface area (Å²) >= 11 is 1.93. The number of ether oxygens (including phenoxy) is 1. The highest BCUT2D eigenvalue weighted by Gasteiger charge is 2.37. The first-order valence-electron chi connectivity index (χ1n) is 8.00. The molecular formula is C17H22N2OS. The van der Waals surface area contributed by atoms with E-state index in [2.05, 4.69) is 23.5 Å². The summed E-state index contributed by atoms with van der Waals surface area (Å²) in [6.07, 6.45) is 6.55. The number of fused-ring (bicyclic) bond motifs is 1. The highest BCUT2D eigenvalue weighted by Crippen LogP contribution is 2.43. The minimum absolute atomic E-state index is 0.346. The Labute approximate surface area is 130 Å². The third-order valence-electron chi connectivity index (χ3n) is 4.99. The standard InChI is InChI=1S/C17H22N2OS/c1-2-6-15-13(5-1)14(7-10-20-15)19-16-18-11-17(12-21-16)8-3-4-9-17/h1-2,5-6,14H,3-4,7-12H2,(H,18,19). The summed E-state index contributed by atoms with van der Waals surface area (Å²) in [5.74, 6) is 2.26. The first-order chi connectivity index (χ1) is 10.3. The zero-order valence-electron chi connectivity index (χ0n) is 12.3. The van der Waals surface area contributed by atoms with Crippen molar-refractivity contribution in [3.63, 3.8) is 0 Å². The van der Waals surface area contributed by atoms with E-state index in [0.717, 1.165) is 30.5 Å². The number of amidine groups is 1. The molecule has 1 aromatic carbocycles. The SMILES string of the molecule is c1ccc2c(c1)OCCC2NC1=NCC2(CCCC2)CS1. The van der Waals surface area contributed by atoms with Gasteiger partial charge in [0.1, 0.15) is 5.75 Å². The van der Waals surface area contributed by atoms with Crippen LogP contribution in [0, 0.1) is 5.41 Å². The van der Waals surface area contributed by atoms with Crippen LogP contribution in [0.4, 0.5) is 0 Å². The smallest absolute Gasteiger partial charge is 0.157 e. The summed E-state index contributed by atoms with van der Waals surface area (Å²) < 4.78 is 5.73.